The molecule has 1 aromatic rings. The largest absolute Gasteiger partial charge is 0.481 e. The first-order chi connectivity index (χ1) is 6.70. The van der Waals surface area contributed by atoms with Crippen LogP contribution in [0.5, 0.6) is 0 Å². The van der Waals surface area contributed by atoms with E-state index in [1.165, 1.54) is 0 Å². The monoisotopic (exact) mass is 189 g/mol. The molecule has 72 valence electrons. The minimum absolute atomic E-state index is 0.179. The number of benzene rings is 1. The molecule has 3 N–H and O–H groups in total. The fraction of sp³-hybridized carbons (Fsp3) is 0.182. The molecule has 0 spiro atoms. The second-order valence-corrected chi connectivity index (χ2v) is 3.36. The second kappa shape index (κ2) is 3.27. The van der Waals surface area contributed by atoms with E-state index in [9.17, 15) is 4.79 Å². The van der Waals surface area contributed by atoms with Crippen LogP contribution in [-0.4, -0.2) is 11.1 Å². The summed E-state index contributed by atoms with van der Waals surface area (Å²) in [6, 6.07) is 7.22. The number of nitrogens with two attached hydrogens (primary N) is 1. The molecule has 3 heteroatoms. The topological polar surface area (TPSA) is 63.3 Å². The molecule has 0 fully saturated rings. The molecular weight excluding hydrogens is 178 g/mol. The van der Waals surface area contributed by atoms with Crippen molar-refractivity contribution < 1.29 is 9.90 Å². The third-order valence-electron chi connectivity index (χ3n) is 2.47. The third-order valence-corrected chi connectivity index (χ3v) is 2.47. The summed E-state index contributed by atoms with van der Waals surface area (Å²) in [4.78, 5) is 10.9. The van der Waals surface area contributed by atoms with Crippen LogP contribution in [0.4, 0.5) is 0 Å². The van der Waals surface area contributed by atoms with E-state index in [-0.39, 0.29) is 6.04 Å². The molecule has 2 unspecified atom stereocenters. The van der Waals surface area contributed by atoms with E-state index in [2.05, 4.69) is 0 Å². The minimum Gasteiger partial charge on any atom is -0.481 e. The summed E-state index contributed by atoms with van der Waals surface area (Å²) < 4.78 is 0. The molecule has 0 heterocycles. The quantitative estimate of drug-likeness (QED) is 0.657. The van der Waals surface area contributed by atoms with Crippen molar-refractivity contribution in [2.24, 2.45) is 5.73 Å². The molecule has 0 saturated heterocycles. The van der Waals surface area contributed by atoms with E-state index in [0.717, 1.165) is 11.1 Å². The molecular formula is C11H11NO2. The summed E-state index contributed by atoms with van der Waals surface area (Å²) >= 11 is 0. The number of rotatable bonds is 1. The SMILES string of the molecule is NC1C=CC(C(=O)O)c2ccccc21. The number of carboxylic acid groups (broad SMARTS) is 1. The van der Waals surface area contributed by atoms with Crippen LogP contribution in [-0.2, 0) is 4.79 Å². The molecule has 1 aliphatic carbocycles. The van der Waals surface area contributed by atoms with Gasteiger partial charge in [0.25, 0.3) is 0 Å². The Labute approximate surface area is 81.9 Å². The van der Waals surface area contributed by atoms with Crippen molar-refractivity contribution in [1.82, 2.24) is 0 Å². The zero-order valence-corrected chi connectivity index (χ0v) is 7.55. The average Bonchev–Trinajstić information content (AvgIpc) is 2.18. The highest BCUT2D eigenvalue weighted by Gasteiger charge is 2.24. The summed E-state index contributed by atoms with van der Waals surface area (Å²) in [6.07, 6.45) is 3.39. The minimum atomic E-state index is -0.833. The maximum atomic E-state index is 10.9. The molecule has 0 amide bonds. The van der Waals surface area contributed by atoms with Crippen LogP contribution in [0.25, 0.3) is 0 Å². The van der Waals surface area contributed by atoms with Crippen LogP contribution in [0, 0.1) is 0 Å². The van der Waals surface area contributed by atoms with Crippen LogP contribution in [0.1, 0.15) is 23.1 Å². The van der Waals surface area contributed by atoms with E-state index in [0.29, 0.717) is 0 Å². The van der Waals surface area contributed by atoms with Gasteiger partial charge in [-0.05, 0) is 11.1 Å². The molecule has 0 aliphatic heterocycles. The van der Waals surface area contributed by atoms with Crippen molar-refractivity contribution in [3.05, 3.63) is 47.5 Å². The van der Waals surface area contributed by atoms with Gasteiger partial charge in [0, 0.05) is 6.04 Å². The Bertz CT molecular complexity index is 398. The Kier molecular flexibility index (Phi) is 2.09. The highest BCUT2D eigenvalue weighted by molar-refractivity contribution is 5.80. The van der Waals surface area contributed by atoms with Crippen molar-refractivity contribution >= 4 is 5.97 Å². The normalized spacial score (nSPS) is 24.4. The molecule has 3 nitrogen and oxygen atoms in total. The maximum absolute atomic E-state index is 10.9. The number of carbonyl (C=O) groups is 1. The molecule has 2 rings (SSSR count). The predicted octanol–water partition coefficient (Wildman–Crippen LogP) is 1.42. The molecule has 2 atom stereocenters. The van der Waals surface area contributed by atoms with Crippen molar-refractivity contribution in [2.45, 2.75) is 12.0 Å². The van der Waals surface area contributed by atoms with Crippen LogP contribution in [0.2, 0.25) is 0 Å². The van der Waals surface area contributed by atoms with Gasteiger partial charge in [-0.2, -0.15) is 0 Å². The van der Waals surface area contributed by atoms with Gasteiger partial charge in [-0.15, -0.1) is 0 Å². The fourth-order valence-electron chi connectivity index (χ4n) is 1.75. The van der Waals surface area contributed by atoms with Crippen LogP contribution < -0.4 is 5.73 Å². The van der Waals surface area contributed by atoms with Gasteiger partial charge in [-0.3, -0.25) is 4.79 Å². The lowest BCUT2D eigenvalue weighted by Gasteiger charge is -2.21. The Balaban J connectivity index is 2.52. The number of hydrogen-bond acceptors (Lipinski definition) is 2. The van der Waals surface area contributed by atoms with Gasteiger partial charge in [0.2, 0.25) is 0 Å². The van der Waals surface area contributed by atoms with Crippen LogP contribution in [0.15, 0.2) is 36.4 Å². The first-order valence-corrected chi connectivity index (χ1v) is 4.45. The Morgan fingerprint density at radius 1 is 1.21 bits per heavy atom. The maximum Gasteiger partial charge on any atom is 0.314 e. The molecule has 1 aromatic carbocycles. The third kappa shape index (κ3) is 1.32. The lowest BCUT2D eigenvalue weighted by Crippen LogP contribution is -2.20. The van der Waals surface area contributed by atoms with Crippen molar-refractivity contribution in [3.8, 4) is 0 Å². The van der Waals surface area contributed by atoms with Gasteiger partial charge < -0.3 is 10.8 Å². The highest BCUT2D eigenvalue weighted by Crippen LogP contribution is 2.30. The van der Waals surface area contributed by atoms with Crippen LogP contribution >= 0.6 is 0 Å². The van der Waals surface area contributed by atoms with Gasteiger partial charge in [0.15, 0.2) is 0 Å². The van der Waals surface area contributed by atoms with Gasteiger partial charge in [0.05, 0.1) is 0 Å². The summed E-state index contributed by atoms with van der Waals surface area (Å²) in [5.74, 6) is -1.38. The van der Waals surface area contributed by atoms with Gasteiger partial charge >= 0.3 is 5.97 Å². The zero-order valence-electron chi connectivity index (χ0n) is 7.55. The molecule has 0 aromatic heterocycles. The predicted molar refractivity (Wildman–Crippen MR) is 52.9 cm³/mol. The smallest absolute Gasteiger partial charge is 0.314 e. The van der Waals surface area contributed by atoms with E-state index in [4.69, 9.17) is 10.8 Å². The summed E-state index contributed by atoms with van der Waals surface area (Å²) in [5.41, 5.74) is 7.53. The molecule has 1 aliphatic rings. The summed E-state index contributed by atoms with van der Waals surface area (Å²) in [5, 5.41) is 8.98. The van der Waals surface area contributed by atoms with Crippen molar-refractivity contribution in [2.75, 3.05) is 0 Å². The average molecular weight is 189 g/mol. The number of fused-ring (bicyclic) bond motifs is 1. The van der Waals surface area contributed by atoms with E-state index in [1.807, 2.05) is 24.3 Å². The van der Waals surface area contributed by atoms with E-state index in [1.54, 1.807) is 12.2 Å². The Hall–Kier alpha value is -1.61. The number of hydrogen-bond donors (Lipinski definition) is 2. The van der Waals surface area contributed by atoms with Gasteiger partial charge in [-0.1, -0.05) is 36.4 Å². The van der Waals surface area contributed by atoms with Gasteiger partial charge in [-0.25, -0.2) is 0 Å². The summed E-state index contributed by atoms with van der Waals surface area (Å²) in [7, 11) is 0. The van der Waals surface area contributed by atoms with Crippen molar-refractivity contribution in [3.63, 3.8) is 0 Å². The van der Waals surface area contributed by atoms with Gasteiger partial charge in [0.1, 0.15) is 5.92 Å². The Morgan fingerprint density at radius 3 is 2.50 bits per heavy atom. The number of carboxylic acids is 1. The zero-order chi connectivity index (χ0) is 10.1. The standard InChI is InChI=1S/C11H11NO2/c12-10-6-5-9(11(13)14)7-3-1-2-4-8(7)10/h1-6,9-10H,12H2,(H,13,14). The second-order valence-electron chi connectivity index (χ2n) is 3.36. The van der Waals surface area contributed by atoms with E-state index < -0.39 is 11.9 Å². The molecule has 0 saturated carbocycles. The van der Waals surface area contributed by atoms with E-state index >= 15 is 0 Å². The lowest BCUT2D eigenvalue weighted by atomic mass is 9.86. The van der Waals surface area contributed by atoms with Crippen molar-refractivity contribution in [1.29, 1.82) is 0 Å². The number of aliphatic carboxylic acids is 1. The Morgan fingerprint density at radius 2 is 1.86 bits per heavy atom. The highest BCUT2D eigenvalue weighted by atomic mass is 16.4. The first kappa shape index (κ1) is 8.97. The first-order valence-electron chi connectivity index (χ1n) is 4.45. The molecule has 0 radical (unpaired) electrons. The molecule has 14 heavy (non-hydrogen) atoms. The summed E-state index contributed by atoms with van der Waals surface area (Å²) in [6.45, 7) is 0. The fourth-order valence-corrected chi connectivity index (χ4v) is 1.75. The van der Waals surface area contributed by atoms with Crippen LogP contribution in [0.3, 0.4) is 0 Å². The molecule has 0 bridgehead atoms. The lowest BCUT2D eigenvalue weighted by molar-refractivity contribution is -0.137.